The molecule has 1 fully saturated rings. The third-order valence-electron chi connectivity index (χ3n) is 5.45. The van der Waals surface area contributed by atoms with Gasteiger partial charge in [0.05, 0.1) is 12.0 Å². The summed E-state index contributed by atoms with van der Waals surface area (Å²) in [6.45, 7) is 2.39. The van der Waals surface area contributed by atoms with E-state index in [1.54, 1.807) is 4.90 Å². The lowest BCUT2D eigenvalue weighted by molar-refractivity contribution is -0.126. The largest absolute Gasteiger partial charge is 0.345 e. The van der Waals surface area contributed by atoms with Gasteiger partial charge in [0.15, 0.2) is 0 Å². The van der Waals surface area contributed by atoms with Crippen molar-refractivity contribution in [2.45, 2.75) is 19.4 Å². The number of nitrogens with zero attached hydrogens (tertiary/aromatic N) is 1. The molecule has 0 aliphatic carbocycles. The Bertz CT molecular complexity index is 962. The molecule has 4 nitrogen and oxygen atoms in total. The maximum Gasteiger partial charge on any atom is 0.227 e. The Labute approximate surface area is 171 Å². The number of amides is 2. The predicted molar refractivity (Wildman–Crippen MR) is 115 cm³/mol. The van der Waals surface area contributed by atoms with Crippen molar-refractivity contribution in [1.82, 2.24) is 5.32 Å². The molecule has 0 aromatic heterocycles. The molecule has 0 spiro atoms. The molecule has 1 heterocycles. The van der Waals surface area contributed by atoms with Gasteiger partial charge in [-0.15, -0.1) is 0 Å². The molecule has 0 unspecified atom stereocenters. The van der Waals surface area contributed by atoms with Crippen molar-refractivity contribution in [1.29, 1.82) is 0 Å². The summed E-state index contributed by atoms with van der Waals surface area (Å²) in [5.74, 6) is -0.459. The molecule has 1 aliphatic rings. The van der Waals surface area contributed by atoms with E-state index >= 15 is 0 Å². The number of para-hydroxylation sites is 1. The standard InChI is InChI=1S/C25H24N2O2/c1-18-10-8-9-15-22(18)27-17-21(16-23(27)28)25(29)26-24(19-11-4-2-5-12-19)20-13-6-3-7-14-20/h2-15,21,24H,16-17H2,1H3,(H,26,29)/t21-/m1/s1. The second-order valence-corrected chi connectivity index (χ2v) is 7.45. The minimum absolute atomic E-state index is 0.00424. The van der Waals surface area contributed by atoms with Crippen molar-refractivity contribution in [3.05, 3.63) is 102 Å². The fourth-order valence-corrected chi connectivity index (χ4v) is 3.89. The van der Waals surface area contributed by atoms with E-state index in [4.69, 9.17) is 0 Å². The van der Waals surface area contributed by atoms with Crippen molar-refractivity contribution in [2.24, 2.45) is 5.92 Å². The number of rotatable bonds is 5. The quantitative estimate of drug-likeness (QED) is 0.715. The molecule has 0 radical (unpaired) electrons. The molecule has 4 rings (SSSR count). The molecule has 1 atom stereocenters. The maximum atomic E-state index is 13.1. The van der Waals surface area contributed by atoms with Crippen molar-refractivity contribution >= 4 is 17.5 Å². The van der Waals surface area contributed by atoms with Gasteiger partial charge in [-0.1, -0.05) is 78.9 Å². The van der Waals surface area contributed by atoms with Crippen LogP contribution in [0.1, 0.15) is 29.2 Å². The predicted octanol–water partition coefficient (Wildman–Crippen LogP) is 4.25. The van der Waals surface area contributed by atoms with Gasteiger partial charge in [0.2, 0.25) is 11.8 Å². The molecule has 2 amide bonds. The van der Waals surface area contributed by atoms with Gasteiger partial charge in [-0.3, -0.25) is 9.59 Å². The van der Waals surface area contributed by atoms with Crippen LogP contribution in [0.15, 0.2) is 84.9 Å². The number of aryl methyl sites for hydroxylation is 1. The maximum absolute atomic E-state index is 13.1. The fraction of sp³-hybridized carbons (Fsp3) is 0.200. The Balaban J connectivity index is 1.54. The molecule has 1 aliphatic heterocycles. The van der Waals surface area contributed by atoms with Gasteiger partial charge in [0.1, 0.15) is 0 Å². The molecule has 3 aromatic rings. The zero-order valence-electron chi connectivity index (χ0n) is 16.4. The van der Waals surface area contributed by atoms with E-state index < -0.39 is 0 Å². The van der Waals surface area contributed by atoms with E-state index in [0.717, 1.165) is 22.4 Å². The SMILES string of the molecule is Cc1ccccc1N1C[C@H](C(=O)NC(c2ccccc2)c2ccccc2)CC1=O. The van der Waals surface area contributed by atoms with Crippen LogP contribution in [0.25, 0.3) is 0 Å². The Morgan fingerprint density at radius 3 is 2.03 bits per heavy atom. The van der Waals surface area contributed by atoms with E-state index in [9.17, 15) is 9.59 Å². The first-order chi connectivity index (χ1) is 14.1. The van der Waals surface area contributed by atoms with Crippen molar-refractivity contribution in [3.63, 3.8) is 0 Å². The van der Waals surface area contributed by atoms with Gasteiger partial charge >= 0.3 is 0 Å². The molecule has 29 heavy (non-hydrogen) atoms. The summed E-state index contributed by atoms with van der Waals surface area (Å²) in [4.78, 5) is 27.5. The van der Waals surface area contributed by atoms with E-state index in [2.05, 4.69) is 5.32 Å². The lowest BCUT2D eigenvalue weighted by Crippen LogP contribution is -2.36. The van der Waals surface area contributed by atoms with Gasteiger partial charge in [0, 0.05) is 18.7 Å². The first-order valence-electron chi connectivity index (χ1n) is 9.90. The Hall–Kier alpha value is -3.40. The Morgan fingerprint density at radius 1 is 0.897 bits per heavy atom. The summed E-state index contributed by atoms with van der Waals surface area (Å²) in [5.41, 5.74) is 3.96. The summed E-state index contributed by atoms with van der Waals surface area (Å²) < 4.78 is 0. The molecule has 1 N–H and O–H groups in total. The molecule has 0 bridgehead atoms. The van der Waals surface area contributed by atoms with Crippen LogP contribution in [0.4, 0.5) is 5.69 Å². The first-order valence-corrected chi connectivity index (χ1v) is 9.90. The van der Waals surface area contributed by atoms with Gasteiger partial charge in [-0.25, -0.2) is 0 Å². The lowest BCUT2D eigenvalue weighted by Gasteiger charge is -2.22. The summed E-state index contributed by atoms with van der Waals surface area (Å²) in [5, 5.41) is 3.18. The summed E-state index contributed by atoms with van der Waals surface area (Å²) in [6, 6.07) is 27.4. The monoisotopic (exact) mass is 384 g/mol. The molecule has 3 aromatic carbocycles. The molecular formula is C25H24N2O2. The molecule has 0 saturated carbocycles. The highest BCUT2D eigenvalue weighted by molar-refractivity contribution is 6.00. The highest BCUT2D eigenvalue weighted by Gasteiger charge is 2.36. The van der Waals surface area contributed by atoms with Crippen LogP contribution < -0.4 is 10.2 Å². The normalized spacial score (nSPS) is 16.3. The Kier molecular flexibility index (Phi) is 5.43. The third kappa shape index (κ3) is 4.06. The van der Waals surface area contributed by atoms with E-state index in [-0.39, 0.29) is 30.2 Å². The van der Waals surface area contributed by atoms with Crippen molar-refractivity contribution in [2.75, 3.05) is 11.4 Å². The van der Waals surface area contributed by atoms with Crippen molar-refractivity contribution < 1.29 is 9.59 Å². The van der Waals surface area contributed by atoms with Crippen LogP contribution in [0.2, 0.25) is 0 Å². The highest BCUT2D eigenvalue weighted by Crippen LogP contribution is 2.29. The zero-order chi connectivity index (χ0) is 20.2. The summed E-state index contributed by atoms with van der Waals surface area (Å²) >= 11 is 0. The molecule has 1 saturated heterocycles. The number of hydrogen-bond donors (Lipinski definition) is 1. The smallest absolute Gasteiger partial charge is 0.227 e. The van der Waals surface area contributed by atoms with Gasteiger partial charge < -0.3 is 10.2 Å². The Morgan fingerprint density at radius 2 is 1.45 bits per heavy atom. The summed E-state index contributed by atoms with van der Waals surface area (Å²) in [6.07, 6.45) is 0.233. The first kappa shape index (κ1) is 18.9. The third-order valence-corrected chi connectivity index (χ3v) is 5.45. The number of carbonyl (C=O) groups is 2. The van der Waals surface area contributed by atoms with Crippen LogP contribution in [0, 0.1) is 12.8 Å². The zero-order valence-corrected chi connectivity index (χ0v) is 16.4. The van der Waals surface area contributed by atoms with E-state index in [0.29, 0.717) is 6.54 Å². The fourth-order valence-electron chi connectivity index (χ4n) is 3.89. The van der Waals surface area contributed by atoms with Crippen LogP contribution in [0.3, 0.4) is 0 Å². The van der Waals surface area contributed by atoms with Crippen molar-refractivity contribution in [3.8, 4) is 0 Å². The van der Waals surface area contributed by atoms with E-state index in [1.165, 1.54) is 0 Å². The number of nitrogens with one attached hydrogen (secondary N) is 1. The van der Waals surface area contributed by atoms with E-state index in [1.807, 2.05) is 91.9 Å². The highest BCUT2D eigenvalue weighted by atomic mass is 16.2. The van der Waals surface area contributed by atoms with Gasteiger partial charge in [0.25, 0.3) is 0 Å². The lowest BCUT2D eigenvalue weighted by atomic mass is 9.97. The average Bonchev–Trinajstić information content (AvgIpc) is 3.15. The van der Waals surface area contributed by atoms with Gasteiger partial charge in [-0.05, 0) is 29.7 Å². The molecule has 146 valence electrons. The number of carbonyl (C=O) groups excluding carboxylic acids is 2. The minimum atomic E-state index is -0.364. The second kappa shape index (κ2) is 8.31. The van der Waals surface area contributed by atoms with Crippen LogP contribution in [-0.4, -0.2) is 18.4 Å². The topological polar surface area (TPSA) is 49.4 Å². The molecular weight excluding hydrogens is 360 g/mol. The van der Waals surface area contributed by atoms with Crippen LogP contribution >= 0.6 is 0 Å². The second-order valence-electron chi connectivity index (χ2n) is 7.45. The minimum Gasteiger partial charge on any atom is -0.345 e. The molecule has 4 heteroatoms. The van der Waals surface area contributed by atoms with Gasteiger partial charge in [-0.2, -0.15) is 0 Å². The number of anilines is 1. The number of benzene rings is 3. The van der Waals surface area contributed by atoms with Crippen LogP contribution in [0.5, 0.6) is 0 Å². The van der Waals surface area contributed by atoms with Crippen LogP contribution in [-0.2, 0) is 9.59 Å². The summed E-state index contributed by atoms with van der Waals surface area (Å²) in [7, 11) is 0. The average molecular weight is 384 g/mol. The number of hydrogen-bond acceptors (Lipinski definition) is 2.